The van der Waals surface area contributed by atoms with E-state index in [1.165, 1.54) is 5.56 Å². The number of nitrogens with two attached hydrogens (primary N) is 1. The van der Waals surface area contributed by atoms with Gasteiger partial charge in [-0.05, 0) is 24.6 Å². The molecule has 0 fully saturated rings. The van der Waals surface area contributed by atoms with Gasteiger partial charge in [0.2, 0.25) is 0 Å². The first-order valence-corrected chi connectivity index (χ1v) is 5.51. The molecule has 2 heterocycles. The van der Waals surface area contributed by atoms with Crippen LogP contribution in [-0.2, 0) is 6.42 Å². The first kappa shape index (κ1) is 11.1. The van der Waals surface area contributed by atoms with E-state index in [2.05, 4.69) is 18.0 Å². The van der Waals surface area contributed by atoms with Crippen LogP contribution < -0.4 is 5.73 Å². The molecule has 0 saturated carbocycles. The van der Waals surface area contributed by atoms with Crippen molar-refractivity contribution in [1.82, 2.24) is 9.38 Å². The molecule has 0 aliphatic heterocycles. The lowest BCUT2D eigenvalue weighted by Crippen LogP contribution is -2.15. The van der Waals surface area contributed by atoms with Gasteiger partial charge < -0.3 is 15.2 Å². The number of rotatable bonds is 3. The fourth-order valence-electron chi connectivity index (χ4n) is 1.89. The second-order valence-corrected chi connectivity index (χ2v) is 4.02. The Kier molecular flexibility index (Phi) is 2.94. The summed E-state index contributed by atoms with van der Waals surface area (Å²) in [7, 11) is 0. The van der Waals surface area contributed by atoms with E-state index in [1.54, 1.807) is 0 Å². The maximum absolute atomic E-state index is 9.12. The second-order valence-electron chi connectivity index (χ2n) is 4.02. The van der Waals surface area contributed by atoms with E-state index in [-0.39, 0.29) is 6.61 Å². The van der Waals surface area contributed by atoms with Crippen LogP contribution in [0.3, 0.4) is 0 Å². The normalized spacial score (nSPS) is 13.2. The van der Waals surface area contributed by atoms with Crippen molar-refractivity contribution in [3.05, 3.63) is 35.4 Å². The van der Waals surface area contributed by atoms with E-state index >= 15 is 0 Å². The van der Waals surface area contributed by atoms with Gasteiger partial charge in [-0.1, -0.05) is 6.92 Å². The molecule has 4 heteroatoms. The fourth-order valence-corrected chi connectivity index (χ4v) is 1.89. The molecule has 3 N–H and O–H groups in total. The Morgan fingerprint density at radius 1 is 1.56 bits per heavy atom. The van der Waals surface area contributed by atoms with Crippen LogP contribution in [0.1, 0.15) is 30.0 Å². The Balaban J connectivity index is 2.68. The summed E-state index contributed by atoms with van der Waals surface area (Å²) < 4.78 is 2.04. The van der Waals surface area contributed by atoms with E-state index < -0.39 is 6.04 Å². The number of aliphatic hydroxyl groups is 1. The Bertz CT molecular complexity index is 504. The molecule has 0 radical (unpaired) electrons. The minimum Gasteiger partial charge on any atom is -0.394 e. The predicted molar refractivity (Wildman–Crippen MR) is 63.3 cm³/mol. The minimum absolute atomic E-state index is 0.0796. The van der Waals surface area contributed by atoms with Gasteiger partial charge in [-0.15, -0.1) is 0 Å². The summed E-state index contributed by atoms with van der Waals surface area (Å²) in [6.45, 7) is 4.01. The number of fused-ring (bicyclic) bond motifs is 1. The predicted octanol–water partition coefficient (Wildman–Crippen LogP) is 1.20. The van der Waals surface area contributed by atoms with Crippen LogP contribution in [0.15, 0.2) is 18.3 Å². The number of aryl methyl sites for hydroxylation is 2. The molecule has 2 aromatic heterocycles. The largest absolute Gasteiger partial charge is 0.394 e. The number of pyridine rings is 1. The Hall–Kier alpha value is -1.39. The van der Waals surface area contributed by atoms with Gasteiger partial charge in [-0.25, -0.2) is 4.98 Å². The average Bonchev–Trinajstić information content (AvgIpc) is 2.66. The third-order valence-corrected chi connectivity index (χ3v) is 2.76. The molecule has 1 unspecified atom stereocenters. The summed E-state index contributed by atoms with van der Waals surface area (Å²) in [6, 6.07) is 3.69. The second kappa shape index (κ2) is 4.23. The van der Waals surface area contributed by atoms with Crippen molar-refractivity contribution in [3.8, 4) is 0 Å². The molecule has 2 rings (SSSR count). The van der Waals surface area contributed by atoms with Gasteiger partial charge in [-0.3, -0.25) is 0 Å². The van der Waals surface area contributed by atoms with Crippen LogP contribution in [0.2, 0.25) is 0 Å². The van der Waals surface area contributed by atoms with E-state index in [9.17, 15) is 0 Å². The zero-order valence-corrected chi connectivity index (χ0v) is 9.64. The SMILES string of the molecule is CCc1nc(C(N)CO)c2cc(C)ccn12. The molecule has 0 bridgehead atoms. The highest BCUT2D eigenvalue weighted by atomic mass is 16.3. The van der Waals surface area contributed by atoms with Crippen molar-refractivity contribution in [2.75, 3.05) is 6.61 Å². The van der Waals surface area contributed by atoms with Crippen LogP contribution >= 0.6 is 0 Å². The van der Waals surface area contributed by atoms with Crippen LogP contribution in [0.4, 0.5) is 0 Å². The van der Waals surface area contributed by atoms with Gasteiger partial charge in [0.15, 0.2) is 0 Å². The molecule has 0 amide bonds. The third kappa shape index (κ3) is 1.70. The molecular weight excluding hydrogens is 202 g/mol. The van der Waals surface area contributed by atoms with E-state index in [4.69, 9.17) is 10.8 Å². The Morgan fingerprint density at radius 3 is 2.94 bits per heavy atom. The molecule has 1 atom stereocenters. The molecule has 0 aliphatic rings. The van der Waals surface area contributed by atoms with Crippen molar-refractivity contribution < 1.29 is 5.11 Å². The lowest BCUT2D eigenvalue weighted by Gasteiger charge is -2.05. The van der Waals surface area contributed by atoms with Crippen LogP contribution in [0.25, 0.3) is 5.52 Å². The smallest absolute Gasteiger partial charge is 0.113 e. The first-order valence-electron chi connectivity index (χ1n) is 5.51. The Morgan fingerprint density at radius 2 is 2.31 bits per heavy atom. The van der Waals surface area contributed by atoms with E-state index in [0.717, 1.165) is 23.5 Å². The molecule has 0 spiro atoms. The van der Waals surface area contributed by atoms with Crippen molar-refractivity contribution in [2.45, 2.75) is 26.3 Å². The highest BCUT2D eigenvalue weighted by Crippen LogP contribution is 2.19. The minimum atomic E-state index is -0.405. The van der Waals surface area contributed by atoms with Gasteiger partial charge in [0.05, 0.1) is 23.9 Å². The number of hydrogen-bond acceptors (Lipinski definition) is 3. The molecular formula is C12H17N3O. The number of aromatic nitrogens is 2. The molecule has 0 aromatic carbocycles. The lowest BCUT2D eigenvalue weighted by molar-refractivity contribution is 0.266. The van der Waals surface area contributed by atoms with Gasteiger partial charge in [0.1, 0.15) is 5.82 Å². The molecule has 0 aliphatic carbocycles. The monoisotopic (exact) mass is 219 g/mol. The highest BCUT2D eigenvalue weighted by molar-refractivity contribution is 5.56. The van der Waals surface area contributed by atoms with Crippen molar-refractivity contribution in [1.29, 1.82) is 0 Å². The summed E-state index contributed by atoms with van der Waals surface area (Å²) >= 11 is 0. The number of nitrogens with zero attached hydrogens (tertiary/aromatic N) is 2. The van der Waals surface area contributed by atoms with Crippen molar-refractivity contribution in [2.24, 2.45) is 5.73 Å². The standard InChI is InChI=1S/C12H17N3O/c1-3-11-14-12(9(13)7-16)10-6-8(2)4-5-15(10)11/h4-6,9,16H,3,7,13H2,1-2H3. The van der Waals surface area contributed by atoms with Gasteiger partial charge >= 0.3 is 0 Å². The summed E-state index contributed by atoms with van der Waals surface area (Å²) in [5.74, 6) is 0.980. The number of aliphatic hydroxyl groups excluding tert-OH is 1. The number of hydrogen-bond donors (Lipinski definition) is 2. The quantitative estimate of drug-likeness (QED) is 0.815. The summed E-state index contributed by atoms with van der Waals surface area (Å²) in [5, 5.41) is 9.12. The van der Waals surface area contributed by atoms with Crippen LogP contribution in [0, 0.1) is 6.92 Å². The van der Waals surface area contributed by atoms with Gasteiger partial charge in [0.25, 0.3) is 0 Å². The molecule has 4 nitrogen and oxygen atoms in total. The lowest BCUT2D eigenvalue weighted by atomic mass is 10.2. The van der Waals surface area contributed by atoms with E-state index in [1.807, 2.05) is 23.6 Å². The van der Waals surface area contributed by atoms with Crippen LogP contribution in [-0.4, -0.2) is 21.1 Å². The summed E-state index contributed by atoms with van der Waals surface area (Å²) in [4.78, 5) is 4.50. The topological polar surface area (TPSA) is 63.5 Å². The number of imidazole rings is 1. The molecule has 86 valence electrons. The van der Waals surface area contributed by atoms with Crippen LogP contribution in [0.5, 0.6) is 0 Å². The Labute approximate surface area is 94.7 Å². The fraction of sp³-hybridized carbons (Fsp3) is 0.417. The first-order chi connectivity index (χ1) is 7.67. The summed E-state index contributed by atoms with van der Waals surface area (Å²) in [6.07, 6.45) is 2.85. The van der Waals surface area contributed by atoms with Gasteiger partial charge in [0, 0.05) is 12.6 Å². The third-order valence-electron chi connectivity index (χ3n) is 2.76. The maximum atomic E-state index is 9.12. The molecule has 16 heavy (non-hydrogen) atoms. The molecule has 0 saturated heterocycles. The van der Waals surface area contributed by atoms with Gasteiger partial charge in [-0.2, -0.15) is 0 Å². The van der Waals surface area contributed by atoms with Crippen molar-refractivity contribution >= 4 is 5.52 Å². The maximum Gasteiger partial charge on any atom is 0.113 e. The summed E-state index contributed by atoms with van der Waals surface area (Å²) in [5.41, 5.74) is 8.80. The van der Waals surface area contributed by atoms with E-state index in [0.29, 0.717) is 0 Å². The zero-order valence-electron chi connectivity index (χ0n) is 9.64. The highest BCUT2D eigenvalue weighted by Gasteiger charge is 2.15. The van der Waals surface area contributed by atoms with Crippen molar-refractivity contribution in [3.63, 3.8) is 0 Å². The zero-order chi connectivity index (χ0) is 11.7. The molecule has 2 aromatic rings. The average molecular weight is 219 g/mol.